The summed E-state index contributed by atoms with van der Waals surface area (Å²) in [5, 5.41) is 18.0. The van der Waals surface area contributed by atoms with Crippen LogP contribution in [0.1, 0.15) is 48.9 Å². The van der Waals surface area contributed by atoms with E-state index < -0.39 is 6.03 Å². The van der Waals surface area contributed by atoms with Gasteiger partial charge in [-0.2, -0.15) is 15.5 Å². The van der Waals surface area contributed by atoms with Crippen LogP contribution in [0.25, 0.3) is 11.3 Å². The maximum absolute atomic E-state index is 14.5. The number of amides is 2. The number of nitrogens with two attached hydrogens (primary N) is 1. The number of benzene rings is 1. The molecule has 4 bridgehead atoms. The van der Waals surface area contributed by atoms with Crippen LogP contribution >= 0.6 is 0 Å². The molecule has 4 atom stereocenters. The van der Waals surface area contributed by atoms with E-state index in [2.05, 4.69) is 23.2 Å². The van der Waals surface area contributed by atoms with Crippen molar-refractivity contribution < 1.29 is 9.18 Å². The van der Waals surface area contributed by atoms with Crippen LogP contribution in [-0.2, 0) is 5.41 Å². The summed E-state index contributed by atoms with van der Waals surface area (Å²) in [6, 6.07) is 8.59. The predicted molar refractivity (Wildman–Crippen MR) is 109 cm³/mol. The number of nitriles is 1. The molecule has 1 heterocycles. The van der Waals surface area contributed by atoms with Crippen molar-refractivity contribution in [1.82, 2.24) is 15.1 Å². The summed E-state index contributed by atoms with van der Waals surface area (Å²) in [4.78, 5) is 13.6. The third-order valence-corrected chi connectivity index (χ3v) is 8.03. The van der Waals surface area contributed by atoms with Gasteiger partial charge in [-0.15, -0.1) is 0 Å². The molecule has 1 aromatic carbocycles. The third kappa shape index (κ3) is 2.25. The van der Waals surface area contributed by atoms with E-state index in [1.165, 1.54) is 6.07 Å². The van der Waals surface area contributed by atoms with E-state index in [9.17, 15) is 9.18 Å². The number of urea groups is 1. The first-order chi connectivity index (χ1) is 14.3. The molecular formula is C23H24FN5O. The monoisotopic (exact) mass is 405 g/mol. The first-order valence-electron chi connectivity index (χ1n) is 10.4. The number of primary amides is 1. The number of aromatic nitrogens is 2. The van der Waals surface area contributed by atoms with Gasteiger partial charge in [0, 0.05) is 24.1 Å². The molecule has 2 fully saturated rings. The third-order valence-electron chi connectivity index (χ3n) is 8.03. The number of hydrogen-bond acceptors (Lipinski definition) is 4. The number of nitrogens with zero attached hydrogens (tertiary/aromatic N) is 4. The number of rotatable bonds is 5. The molecule has 154 valence electrons. The van der Waals surface area contributed by atoms with Crippen molar-refractivity contribution in [1.29, 1.82) is 5.26 Å². The van der Waals surface area contributed by atoms with Gasteiger partial charge >= 0.3 is 6.03 Å². The molecule has 0 saturated heterocycles. The number of hydrogen-bond donors (Lipinski definition) is 1. The number of aryl methyl sites for hydroxylation is 1. The molecule has 0 aliphatic heterocycles. The summed E-state index contributed by atoms with van der Waals surface area (Å²) in [6.07, 6.45) is 2.22. The fraction of sp³-hybridized carbons (Fsp3) is 0.478. The molecule has 1 aromatic heterocycles. The van der Waals surface area contributed by atoms with E-state index >= 15 is 0 Å². The minimum atomic E-state index is -0.513. The SMILES string of the molecule is Cc1cccc(F)c1-c1cc2c(nn1)[C@@]1(CN(CCC#N)C(N)=O)CC3[C@@H]2CC31C. The summed E-state index contributed by atoms with van der Waals surface area (Å²) in [5.41, 5.74) is 9.32. The molecule has 3 aliphatic rings. The largest absolute Gasteiger partial charge is 0.351 e. The van der Waals surface area contributed by atoms with Gasteiger partial charge in [0.15, 0.2) is 0 Å². The average Bonchev–Trinajstić information content (AvgIpc) is 2.71. The second kappa shape index (κ2) is 6.24. The van der Waals surface area contributed by atoms with Gasteiger partial charge in [-0.3, -0.25) is 0 Å². The van der Waals surface area contributed by atoms with E-state index in [1.807, 2.05) is 19.1 Å². The molecule has 2 amide bonds. The second-order valence-corrected chi connectivity index (χ2v) is 9.25. The molecule has 0 spiro atoms. The highest BCUT2D eigenvalue weighted by atomic mass is 19.1. The van der Waals surface area contributed by atoms with E-state index in [4.69, 9.17) is 11.0 Å². The first-order valence-corrected chi connectivity index (χ1v) is 10.4. The summed E-state index contributed by atoms with van der Waals surface area (Å²) in [6.45, 7) is 4.90. The lowest BCUT2D eigenvalue weighted by Gasteiger charge is -2.77. The zero-order valence-corrected chi connectivity index (χ0v) is 17.2. The highest BCUT2D eigenvalue weighted by molar-refractivity contribution is 5.72. The van der Waals surface area contributed by atoms with Gasteiger partial charge in [-0.1, -0.05) is 19.1 Å². The quantitative estimate of drug-likeness (QED) is 0.821. The standard InChI is InChI=1S/C23H24FN5O/c1-13-5-3-6-17(24)19(13)18-9-14-15-10-22(2)16(15)11-23(22,20(14)28-27-18)12-29(21(26)30)8-4-7-25/h3,5-6,9,15-16H,4,8,10-12H2,1-2H3,(H2,26,30)/t15-,16?,22?,23+/m1/s1. The van der Waals surface area contributed by atoms with E-state index in [-0.39, 0.29) is 23.1 Å². The number of halogens is 1. The van der Waals surface area contributed by atoms with Gasteiger partial charge in [0.2, 0.25) is 0 Å². The van der Waals surface area contributed by atoms with Gasteiger partial charge in [0.05, 0.1) is 23.9 Å². The van der Waals surface area contributed by atoms with Gasteiger partial charge in [-0.05, 0) is 60.3 Å². The Labute approximate surface area is 174 Å². The second-order valence-electron chi connectivity index (χ2n) is 9.25. The minimum absolute atomic E-state index is 0.0646. The number of carbonyl (C=O) groups excluding carboxylic acids is 1. The molecule has 3 aliphatic carbocycles. The number of carbonyl (C=O) groups is 1. The lowest BCUT2D eigenvalue weighted by Crippen LogP contribution is -2.75. The zero-order valence-electron chi connectivity index (χ0n) is 17.2. The Kier molecular flexibility index (Phi) is 3.95. The molecule has 30 heavy (non-hydrogen) atoms. The van der Waals surface area contributed by atoms with Gasteiger partial charge in [0.25, 0.3) is 0 Å². The van der Waals surface area contributed by atoms with Crippen LogP contribution in [0.2, 0.25) is 0 Å². The Bertz CT molecular complexity index is 1090. The summed E-state index contributed by atoms with van der Waals surface area (Å²) in [7, 11) is 0. The molecule has 2 saturated carbocycles. The maximum atomic E-state index is 14.5. The molecule has 2 unspecified atom stereocenters. The summed E-state index contributed by atoms with van der Waals surface area (Å²) >= 11 is 0. The minimum Gasteiger partial charge on any atom is -0.351 e. The summed E-state index contributed by atoms with van der Waals surface area (Å²) in [5.74, 6) is 0.651. The van der Waals surface area contributed by atoms with Crippen molar-refractivity contribution in [2.45, 2.75) is 44.4 Å². The molecule has 2 aromatic rings. The molecular weight excluding hydrogens is 381 g/mol. The lowest BCUT2D eigenvalue weighted by molar-refractivity contribution is -0.198. The van der Waals surface area contributed by atoms with Crippen molar-refractivity contribution >= 4 is 6.03 Å². The van der Waals surface area contributed by atoms with Crippen molar-refractivity contribution in [3.63, 3.8) is 0 Å². The smallest absolute Gasteiger partial charge is 0.314 e. The van der Waals surface area contributed by atoms with E-state index in [1.54, 1.807) is 11.0 Å². The van der Waals surface area contributed by atoms with E-state index in [0.29, 0.717) is 36.2 Å². The topological polar surface area (TPSA) is 95.9 Å². The van der Waals surface area contributed by atoms with Gasteiger partial charge < -0.3 is 10.6 Å². The van der Waals surface area contributed by atoms with Crippen LogP contribution in [0.15, 0.2) is 24.3 Å². The lowest BCUT2D eigenvalue weighted by atomic mass is 9.27. The normalized spacial score (nSPS) is 29.8. The zero-order chi connectivity index (χ0) is 21.3. The Morgan fingerprint density at radius 3 is 2.83 bits per heavy atom. The molecule has 5 rings (SSSR count). The average molecular weight is 405 g/mol. The van der Waals surface area contributed by atoms with Crippen molar-refractivity contribution in [2.24, 2.45) is 17.1 Å². The Morgan fingerprint density at radius 1 is 1.40 bits per heavy atom. The molecule has 2 N–H and O–H groups in total. The number of fused-ring (bicyclic) bond motifs is 3. The van der Waals surface area contributed by atoms with Crippen molar-refractivity contribution in [3.05, 3.63) is 46.9 Å². The highest BCUT2D eigenvalue weighted by Crippen LogP contribution is 2.80. The Hall–Kier alpha value is -3.01. The molecule has 0 radical (unpaired) electrons. The van der Waals surface area contributed by atoms with Crippen molar-refractivity contribution in [3.8, 4) is 17.3 Å². The highest BCUT2D eigenvalue weighted by Gasteiger charge is 2.76. The van der Waals surface area contributed by atoms with Crippen LogP contribution in [0.3, 0.4) is 0 Å². The van der Waals surface area contributed by atoms with Crippen LogP contribution in [-0.4, -0.2) is 34.2 Å². The Balaban J connectivity index is 1.57. The predicted octanol–water partition coefficient (Wildman–Crippen LogP) is 3.65. The first kappa shape index (κ1) is 19.0. The fourth-order valence-corrected chi connectivity index (χ4v) is 6.36. The van der Waals surface area contributed by atoms with Crippen LogP contribution < -0.4 is 5.73 Å². The van der Waals surface area contributed by atoms with Gasteiger partial charge in [0.1, 0.15) is 5.82 Å². The van der Waals surface area contributed by atoms with Crippen LogP contribution in [0, 0.1) is 35.4 Å². The van der Waals surface area contributed by atoms with Gasteiger partial charge in [-0.25, -0.2) is 9.18 Å². The van der Waals surface area contributed by atoms with Crippen LogP contribution in [0.4, 0.5) is 9.18 Å². The molecule has 7 heteroatoms. The van der Waals surface area contributed by atoms with Crippen LogP contribution in [0.5, 0.6) is 0 Å². The Morgan fingerprint density at radius 2 is 2.20 bits per heavy atom. The van der Waals surface area contributed by atoms with E-state index in [0.717, 1.165) is 29.7 Å². The maximum Gasteiger partial charge on any atom is 0.314 e. The molecule has 6 nitrogen and oxygen atoms in total. The summed E-state index contributed by atoms with van der Waals surface area (Å²) < 4.78 is 14.5. The fourth-order valence-electron chi connectivity index (χ4n) is 6.36. The van der Waals surface area contributed by atoms with Crippen molar-refractivity contribution in [2.75, 3.05) is 13.1 Å².